The Morgan fingerprint density at radius 3 is 2.75 bits per heavy atom. The van der Waals surface area contributed by atoms with Gasteiger partial charge in [-0.1, -0.05) is 0 Å². The summed E-state index contributed by atoms with van der Waals surface area (Å²) in [5, 5.41) is 13.6. The van der Waals surface area contributed by atoms with Crippen LogP contribution >= 0.6 is 0 Å². The van der Waals surface area contributed by atoms with E-state index in [4.69, 9.17) is 4.74 Å². The quantitative estimate of drug-likeness (QED) is 0.440. The number of methoxy groups -OCH3 is 1. The van der Waals surface area contributed by atoms with Crippen LogP contribution in [0.15, 0.2) is 39.2 Å². The van der Waals surface area contributed by atoms with Crippen LogP contribution in [-0.2, 0) is 25.4 Å². The first-order valence-electron chi connectivity index (χ1n) is 8.13. The minimum atomic E-state index is -0.546. The number of phenols is 1. The number of benzene rings is 1. The van der Waals surface area contributed by atoms with E-state index in [0.29, 0.717) is 11.3 Å². The fourth-order valence-corrected chi connectivity index (χ4v) is 2.64. The molecule has 2 aromatic heterocycles. The number of amides is 1. The van der Waals surface area contributed by atoms with Gasteiger partial charge in [0, 0.05) is 25.7 Å². The van der Waals surface area contributed by atoms with Gasteiger partial charge >= 0.3 is 5.69 Å². The van der Waals surface area contributed by atoms with E-state index < -0.39 is 17.2 Å². The number of aryl methyl sites for hydroxylation is 1. The Morgan fingerprint density at radius 1 is 1.32 bits per heavy atom. The molecule has 11 heteroatoms. The van der Waals surface area contributed by atoms with Gasteiger partial charge in [0.2, 0.25) is 0 Å². The highest BCUT2D eigenvalue weighted by molar-refractivity contribution is 5.85. The molecule has 0 radical (unpaired) electrons. The van der Waals surface area contributed by atoms with E-state index in [1.165, 1.54) is 48.9 Å². The zero-order valence-corrected chi connectivity index (χ0v) is 15.4. The van der Waals surface area contributed by atoms with Crippen molar-refractivity contribution in [1.29, 1.82) is 0 Å². The van der Waals surface area contributed by atoms with Gasteiger partial charge in [0.05, 0.1) is 19.7 Å². The summed E-state index contributed by atoms with van der Waals surface area (Å²) >= 11 is 0. The second-order valence-electron chi connectivity index (χ2n) is 5.97. The summed E-state index contributed by atoms with van der Waals surface area (Å²) in [4.78, 5) is 40.5. The molecule has 1 aromatic carbocycles. The second kappa shape index (κ2) is 7.39. The Morgan fingerprint density at radius 2 is 2.07 bits per heavy atom. The first-order valence-corrected chi connectivity index (χ1v) is 8.13. The van der Waals surface area contributed by atoms with Crippen molar-refractivity contribution in [2.75, 3.05) is 7.11 Å². The van der Waals surface area contributed by atoms with Crippen LogP contribution in [0.2, 0.25) is 0 Å². The van der Waals surface area contributed by atoms with Crippen LogP contribution in [0.4, 0.5) is 0 Å². The second-order valence-corrected chi connectivity index (χ2v) is 5.97. The Labute approximate surface area is 158 Å². The number of ether oxygens (including phenoxy) is 1. The number of phenolic OH excluding ortho intramolecular Hbond substituents is 1. The van der Waals surface area contributed by atoms with Gasteiger partial charge in [0.1, 0.15) is 18.0 Å². The van der Waals surface area contributed by atoms with Crippen molar-refractivity contribution in [2.45, 2.75) is 6.54 Å². The summed E-state index contributed by atoms with van der Waals surface area (Å²) < 4.78 is 8.51. The van der Waals surface area contributed by atoms with Crippen LogP contribution in [0.3, 0.4) is 0 Å². The summed E-state index contributed by atoms with van der Waals surface area (Å²) in [6.07, 6.45) is 2.59. The van der Waals surface area contributed by atoms with E-state index in [9.17, 15) is 19.5 Å². The molecule has 3 rings (SSSR count). The van der Waals surface area contributed by atoms with Gasteiger partial charge in [-0.15, -0.1) is 0 Å². The molecule has 0 saturated heterocycles. The molecule has 3 aromatic rings. The maximum Gasteiger partial charge on any atom is 0.332 e. The van der Waals surface area contributed by atoms with Crippen LogP contribution in [0.25, 0.3) is 11.2 Å². The summed E-state index contributed by atoms with van der Waals surface area (Å²) in [7, 11) is 4.33. The fraction of sp³-hybridized carbons (Fsp3) is 0.235. The van der Waals surface area contributed by atoms with Crippen LogP contribution in [0.5, 0.6) is 11.5 Å². The van der Waals surface area contributed by atoms with Crippen molar-refractivity contribution < 1.29 is 14.6 Å². The number of aromatic hydroxyl groups is 1. The number of hydrogen-bond acceptors (Lipinski definition) is 7. The van der Waals surface area contributed by atoms with Gasteiger partial charge in [-0.25, -0.2) is 15.2 Å². The highest BCUT2D eigenvalue weighted by atomic mass is 16.5. The van der Waals surface area contributed by atoms with Crippen molar-refractivity contribution in [3.05, 3.63) is 50.9 Å². The molecule has 146 valence electrons. The van der Waals surface area contributed by atoms with E-state index in [1.807, 2.05) is 0 Å². The third-order valence-electron chi connectivity index (χ3n) is 4.16. The van der Waals surface area contributed by atoms with Gasteiger partial charge in [0.25, 0.3) is 11.5 Å². The van der Waals surface area contributed by atoms with Crippen LogP contribution < -0.4 is 21.4 Å². The molecule has 2 heterocycles. The van der Waals surface area contributed by atoms with Crippen molar-refractivity contribution in [2.24, 2.45) is 19.2 Å². The maximum absolute atomic E-state index is 12.3. The highest BCUT2D eigenvalue weighted by Crippen LogP contribution is 2.21. The van der Waals surface area contributed by atoms with Gasteiger partial charge in [-0.2, -0.15) is 5.10 Å². The number of hydrogen-bond donors (Lipinski definition) is 2. The number of rotatable bonds is 5. The summed E-state index contributed by atoms with van der Waals surface area (Å²) in [6, 6.07) is 4.64. The van der Waals surface area contributed by atoms with E-state index >= 15 is 0 Å². The molecule has 0 atom stereocenters. The van der Waals surface area contributed by atoms with E-state index in [1.54, 1.807) is 12.1 Å². The van der Waals surface area contributed by atoms with Crippen LogP contribution in [-0.4, -0.2) is 43.0 Å². The number of carbonyl (C=O) groups is 1. The number of nitrogens with one attached hydrogen (secondary N) is 1. The molecule has 2 N–H and O–H groups in total. The molecule has 0 aliphatic rings. The molecule has 11 nitrogen and oxygen atoms in total. The van der Waals surface area contributed by atoms with Crippen molar-refractivity contribution >= 4 is 23.3 Å². The minimum Gasteiger partial charge on any atom is -0.507 e. The van der Waals surface area contributed by atoms with E-state index in [-0.39, 0.29) is 23.5 Å². The molecule has 0 unspecified atom stereocenters. The number of aromatic nitrogens is 4. The molecule has 1 amide bonds. The van der Waals surface area contributed by atoms with Crippen molar-refractivity contribution in [1.82, 2.24) is 24.1 Å². The third kappa shape index (κ3) is 3.37. The van der Waals surface area contributed by atoms with Gasteiger partial charge in [-0.05, 0) is 12.1 Å². The van der Waals surface area contributed by atoms with Crippen LogP contribution in [0, 0.1) is 0 Å². The number of hydrazone groups is 1. The van der Waals surface area contributed by atoms with E-state index in [0.717, 1.165) is 4.57 Å². The highest BCUT2D eigenvalue weighted by Gasteiger charge is 2.15. The lowest BCUT2D eigenvalue weighted by molar-refractivity contribution is -0.121. The standard InChI is InChI=1S/C17H18N6O5/c1-21-15-14(16(26)22(2)17(21)27)23(9-18-15)8-13(25)20-19-7-10-4-5-11(28-3)6-12(10)24/h4-7,9,24H,8H2,1-3H3,(H,20,25). The molecule has 0 bridgehead atoms. The van der Waals surface area contributed by atoms with Crippen molar-refractivity contribution in [3.8, 4) is 11.5 Å². The van der Waals surface area contributed by atoms with Gasteiger partial charge in [-0.3, -0.25) is 18.7 Å². The molecular weight excluding hydrogens is 368 g/mol. The Balaban J connectivity index is 1.77. The fourth-order valence-electron chi connectivity index (χ4n) is 2.64. The predicted molar refractivity (Wildman–Crippen MR) is 101 cm³/mol. The number of imidazole rings is 1. The van der Waals surface area contributed by atoms with Crippen molar-refractivity contribution in [3.63, 3.8) is 0 Å². The average molecular weight is 386 g/mol. The summed E-state index contributed by atoms with van der Waals surface area (Å²) in [5.41, 5.74) is 1.97. The molecule has 28 heavy (non-hydrogen) atoms. The Bertz CT molecular complexity index is 1200. The predicted octanol–water partition coefficient (Wildman–Crippen LogP) is -0.702. The maximum atomic E-state index is 12.3. The van der Waals surface area contributed by atoms with E-state index in [2.05, 4.69) is 15.5 Å². The van der Waals surface area contributed by atoms with Gasteiger partial charge < -0.3 is 14.4 Å². The van der Waals surface area contributed by atoms with Gasteiger partial charge in [0.15, 0.2) is 11.2 Å². The SMILES string of the molecule is COc1ccc(C=NNC(=O)Cn2cnc3c2c(=O)n(C)c(=O)n3C)c(O)c1. The molecule has 0 aliphatic heterocycles. The smallest absolute Gasteiger partial charge is 0.332 e. The lowest BCUT2D eigenvalue weighted by Gasteiger charge is -2.06. The number of fused-ring (bicyclic) bond motifs is 1. The largest absolute Gasteiger partial charge is 0.507 e. The summed E-state index contributed by atoms with van der Waals surface area (Å²) in [5.74, 6) is -0.0801. The summed E-state index contributed by atoms with van der Waals surface area (Å²) in [6.45, 7) is -0.226. The Hall–Kier alpha value is -3.89. The van der Waals surface area contributed by atoms with Crippen LogP contribution in [0.1, 0.15) is 5.56 Å². The molecule has 0 fully saturated rings. The minimum absolute atomic E-state index is 0.0534. The molecular formula is C17H18N6O5. The lowest BCUT2D eigenvalue weighted by Crippen LogP contribution is -2.38. The molecule has 0 saturated carbocycles. The third-order valence-corrected chi connectivity index (χ3v) is 4.16. The topological polar surface area (TPSA) is 133 Å². The zero-order chi connectivity index (χ0) is 20.4. The first-order chi connectivity index (χ1) is 13.3. The Kier molecular flexibility index (Phi) is 4.98. The normalized spacial score (nSPS) is 11.2. The monoisotopic (exact) mass is 386 g/mol. The molecule has 0 aliphatic carbocycles. The lowest BCUT2D eigenvalue weighted by atomic mass is 10.2. The number of carbonyl (C=O) groups excluding carboxylic acids is 1. The number of nitrogens with zero attached hydrogens (tertiary/aromatic N) is 5. The molecule has 0 spiro atoms. The first kappa shape index (κ1) is 18.9. The zero-order valence-electron chi connectivity index (χ0n) is 15.4. The average Bonchev–Trinajstić information content (AvgIpc) is 3.09.